The lowest BCUT2D eigenvalue weighted by Gasteiger charge is -2.42. The molecule has 4 heteroatoms. The molecule has 1 atom stereocenters. The van der Waals surface area contributed by atoms with Crippen LogP contribution in [0.5, 0.6) is 0 Å². The molecule has 0 aromatic carbocycles. The maximum absolute atomic E-state index is 12.3. The van der Waals surface area contributed by atoms with Crippen LogP contribution in [0.1, 0.15) is 48.0 Å². The van der Waals surface area contributed by atoms with Crippen molar-refractivity contribution in [2.45, 2.75) is 59.6 Å². The smallest absolute Gasteiger partial charge is 0.410 e. The van der Waals surface area contributed by atoms with Crippen molar-refractivity contribution < 1.29 is 14.6 Å². The summed E-state index contributed by atoms with van der Waals surface area (Å²) in [5.41, 5.74) is 0.559. The van der Waals surface area contributed by atoms with E-state index in [4.69, 9.17) is 4.74 Å². The Morgan fingerprint density at radius 3 is 2.58 bits per heavy atom. The molecule has 1 rings (SSSR count). The van der Waals surface area contributed by atoms with Gasteiger partial charge < -0.3 is 14.7 Å². The van der Waals surface area contributed by atoms with Crippen LogP contribution >= 0.6 is 0 Å². The molecule has 1 unspecified atom stereocenters. The molecule has 1 aliphatic rings. The third kappa shape index (κ3) is 4.53. The summed E-state index contributed by atoms with van der Waals surface area (Å²) in [6.45, 7) is 12.5. The first-order chi connectivity index (χ1) is 8.56. The molecule has 0 fully saturated rings. The van der Waals surface area contributed by atoms with E-state index in [-0.39, 0.29) is 24.2 Å². The van der Waals surface area contributed by atoms with Crippen LogP contribution in [0.25, 0.3) is 0 Å². The van der Waals surface area contributed by atoms with Crippen molar-refractivity contribution in [2.24, 2.45) is 5.41 Å². The summed E-state index contributed by atoms with van der Waals surface area (Å²) in [6.07, 6.45) is 2.44. The minimum absolute atomic E-state index is 0.0622. The molecule has 0 aromatic heterocycles. The van der Waals surface area contributed by atoms with Gasteiger partial charge in [0.2, 0.25) is 0 Å². The summed E-state index contributed by atoms with van der Waals surface area (Å²) in [6, 6.07) is -0.0622. The lowest BCUT2D eigenvalue weighted by atomic mass is 9.83. The summed E-state index contributed by atoms with van der Waals surface area (Å²) in [5.74, 6) is 0. The molecule has 0 saturated heterocycles. The Morgan fingerprint density at radius 1 is 1.53 bits per heavy atom. The van der Waals surface area contributed by atoms with Gasteiger partial charge in [-0.3, -0.25) is 0 Å². The molecule has 0 aliphatic carbocycles. The SMILES string of the molecule is CC1=CC(C)(C)CN(C(=O)OC(C)(C)C)C1CCO. The summed E-state index contributed by atoms with van der Waals surface area (Å²) in [7, 11) is 0. The lowest BCUT2D eigenvalue weighted by Crippen LogP contribution is -2.50. The van der Waals surface area contributed by atoms with E-state index >= 15 is 0 Å². The zero-order valence-electron chi connectivity index (χ0n) is 13.0. The van der Waals surface area contributed by atoms with Gasteiger partial charge >= 0.3 is 6.09 Å². The Morgan fingerprint density at radius 2 is 2.11 bits per heavy atom. The van der Waals surface area contributed by atoms with Crippen LogP contribution in [0.2, 0.25) is 0 Å². The maximum Gasteiger partial charge on any atom is 0.410 e. The molecule has 0 spiro atoms. The van der Waals surface area contributed by atoms with Crippen LogP contribution in [-0.4, -0.2) is 40.9 Å². The topological polar surface area (TPSA) is 49.8 Å². The third-order valence-electron chi connectivity index (χ3n) is 3.13. The summed E-state index contributed by atoms with van der Waals surface area (Å²) >= 11 is 0. The van der Waals surface area contributed by atoms with Crippen molar-refractivity contribution in [1.29, 1.82) is 0 Å². The number of hydrogen-bond donors (Lipinski definition) is 1. The Hall–Kier alpha value is -1.03. The van der Waals surface area contributed by atoms with Crippen LogP contribution in [0.3, 0.4) is 0 Å². The Bertz CT molecular complexity index is 366. The first kappa shape index (κ1) is 16.0. The fraction of sp³-hybridized carbons (Fsp3) is 0.800. The average Bonchev–Trinajstić information content (AvgIpc) is 2.18. The normalized spacial score (nSPS) is 23.0. The quantitative estimate of drug-likeness (QED) is 0.784. The summed E-state index contributed by atoms with van der Waals surface area (Å²) in [4.78, 5) is 14.1. The number of carbonyl (C=O) groups is 1. The van der Waals surface area contributed by atoms with Gasteiger partial charge in [0.1, 0.15) is 5.60 Å². The van der Waals surface area contributed by atoms with Gasteiger partial charge in [-0.25, -0.2) is 4.79 Å². The van der Waals surface area contributed by atoms with Crippen LogP contribution in [-0.2, 0) is 4.74 Å². The van der Waals surface area contributed by atoms with Gasteiger partial charge in [-0.2, -0.15) is 0 Å². The van der Waals surface area contributed by atoms with Crippen molar-refractivity contribution in [1.82, 2.24) is 4.90 Å². The number of amides is 1. The number of ether oxygens (including phenoxy) is 1. The van der Waals surface area contributed by atoms with E-state index in [0.29, 0.717) is 13.0 Å². The highest BCUT2D eigenvalue weighted by molar-refractivity contribution is 5.69. The standard InChI is InChI=1S/C15H27NO3/c1-11-9-15(5,6)10-16(12(11)7-8-17)13(18)19-14(2,3)4/h9,12,17H,7-8,10H2,1-6H3. The Labute approximate surface area is 116 Å². The first-order valence-electron chi connectivity index (χ1n) is 6.85. The fourth-order valence-electron chi connectivity index (χ4n) is 2.57. The van der Waals surface area contributed by atoms with Crippen molar-refractivity contribution >= 4 is 6.09 Å². The van der Waals surface area contributed by atoms with Gasteiger partial charge in [0.25, 0.3) is 0 Å². The highest BCUT2D eigenvalue weighted by Gasteiger charge is 2.36. The molecule has 110 valence electrons. The summed E-state index contributed by atoms with van der Waals surface area (Å²) < 4.78 is 5.47. The van der Waals surface area contributed by atoms with Crippen LogP contribution in [0.15, 0.2) is 11.6 Å². The van der Waals surface area contributed by atoms with Gasteiger partial charge in [-0.05, 0) is 34.1 Å². The molecule has 0 radical (unpaired) electrons. The fourth-order valence-corrected chi connectivity index (χ4v) is 2.57. The van der Waals surface area contributed by atoms with E-state index in [1.54, 1.807) is 4.90 Å². The number of rotatable bonds is 2. The van der Waals surface area contributed by atoms with E-state index in [0.717, 1.165) is 5.57 Å². The first-order valence-corrected chi connectivity index (χ1v) is 6.85. The molecule has 1 amide bonds. The molecular weight excluding hydrogens is 242 g/mol. The van der Waals surface area contributed by atoms with E-state index in [2.05, 4.69) is 19.9 Å². The highest BCUT2D eigenvalue weighted by Crippen LogP contribution is 2.32. The van der Waals surface area contributed by atoms with Crippen molar-refractivity contribution in [3.8, 4) is 0 Å². The molecule has 0 saturated carbocycles. The van der Waals surface area contributed by atoms with Crippen LogP contribution in [0, 0.1) is 5.41 Å². The number of aliphatic hydroxyl groups excluding tert-OH is 1. The average molecular weight is 269 g/mol. The third-order valence-corrected chi connectivity index (χ3v) is 3.13. The van der Waals surface area contributed by atoms with Gasteiger partial charge in [-0.1, -0.05) is 25.5 Å². The van der Waals surface area contributed by atoms with E-state index < -0.39 is 5.60 Å². The van der Waals surface area contributed by atoms with E-state index in [1.807, 2.05) is 27.7 Å². The van der Waals surface area contributed by atoms with E-state index in [1.165, 1.54) is 0 Å². The maximum atomic E-state index is 12.3. The second kappa shape index (κ2) is 5.53. The van der Waals surface area contributed by atoms with Crippen molar-refractivity contribution in [3.05, 3.63) is 11.6 Å². The largest absolute Gasteiger partial charge is 0.444 e. The van der Waals surface area contributed by atoms with Crippen molar-refractivity contribution in [2.75, 3.05) is 13.2 Å². The second-order valence-electron chi connectivity index (χ2n) is 7.01. The lowest BCUT2D eigenvalue weighted by molar-refractivity contribution is 0.00845. The highest BCUT2D eigenvalue weighted by atomic mass is 16.6. The summed E-state index contributed by atoms with van der Waals surface area (Å²) in [5, 5.41) is 9.19. The molecule has 1 N–H and O–H groups in total. The molecule has 4 nitrogen and oxygen atoms in total. The van der Waals surface area contributed by atoms with Crippen LogP contribution in [0.4, 0.5) is 4.79 Å². The zero-order chi connectivity index (χ0) is 14.8. The predicted octanol–water partition coefficient (Wildman–Crippen LogP) is 2.96. The number of aliphatic hydroxyl groups is 1. The molecule has 0 bridgehead atoms. The second-order valence-corrected chi connectivity index (χ2v) is 7.01. The number of hydrogen-bond acceptors (Lipinski definition) is 3. The van der Waals surface area contributed by atoms with Gasteiger partial charge in [-0.15, -0.1) is 0 Å². The zero-order valence-corrected chi connectivity index (χ0v) is 13.0. The minimum Gasteiger partial charge on any atom is -0.444 e. The van der Waals surface area contributed by atoms with Gasteiger partial charge in [0.05, 0.1) is 6.04 Å². The van der Waals surface area contributed by atoms with Crippen molar-refractivity contribution in [3.63, 3.8) is 0 Å². The Kier molecular flexibility index (Phi) is 4.67. The Balaban J connectivity index is 2.95. The molecular formula is C15H27NO3. The minimum atomic E-state index is -0.500. The van der Waals surface area contributed by atoms with Crippen LogP contribution < -0.4 is 0 Å². The molecule has 0 aromatic rings. The van der Waals surface area contributed by atoms with Gasteiger partial charge in [0.15, 0.2) is 0 Å². The van der Waals surface area contributed by atoms with Gasteiger partial charge in [0, 0.05) is 18.6 Å². The predicted molar refractivity (Wildman–Crippen MR) is 76.0 cm³/mol. The number of carbonyl (C=O) groups excluding carboxylic acids is 1. The number of nitrogens with zero attached hydrogens (tertiary/aromatic N) is 1. The molecule has 1 aliphatic heterocycles. The molecule has 19 heavy (non-hydrogen) atoms. The molecule has 1 heterocycles. The monoisotopic (exact) mass is 269 g/mol. The van der Waals surface area contributed by atoms with E-state index in [9.17, 15) is 9.90 Å².